The van der Waals surface area contributed by atoms with Crippen LogP contribution in [0.3, 0.4) is 0 Å². The highest BCUT2D eigenvalue weighted by molar-refractivity contribution is 6.12. The predicted molar refractivity (Wildman–Crippen MR) is 292 cm³/mol. The molecule has 1 aromatic carbocycles. The molecule has 77 heavy (non-hydrogen) atoms. The Morgan fingerprint density at radius 2 is 1.35 bits per heavy atom. The van der Waals surface area contributed by atoms with Crippen molar-refractivity contribution in [3.8, 4) is 0 Å². The van der Waals surface area contributed by atoms with E-state index in [2.05, 4.69) is 21.5 Å². The fourth-order valence-corrected chi connectivity index (χ4v) is 10.6. The average molecular weight is 1080 g/mol. The molecule has 4 N–H and O–H groups in total. The van der Waals surface area contributed by atoms with Crippen molar-refractivity contribution in [1.82, 2.24) is 41.1 Å². The number of likely N-dealkylation sites (tertiary alicyclic amines) is 1. The number of amides is 8. The summed E-state index contributed by atoms with van der Waals surface area (Å²) in [5, 5.41) is 5.64. The number of esters is 1. The summed E-state index contributed by atoms with van der Waals surface area (Å²) >= 11 is 0. The number of methoxy groups -OCH3 is 2. The average Bonchev–Trinajstić information content (AvgIpc) is 3.97. The van der Waals surface area contributed by atoms with Gasteiger partial charge in [0.1, 0.15) is 11.6 Å². The topological polar surface area (TPSA) is 242 Å². The molecule has 0 saturated carbocycles. The zero-order chi connectivity index (χ0) is 57.7. The van der Waals surface area contributed by atoms with E-state index in [1.54, 1.807) is 51.7 Å². The second-order valence-electron chi connectivity index (χ2n) is 22.5. The molecular formula is C57H92N8O12. The number of rotatable bonds is 31. The minimum Gasteiger partial charge on any atom is -0.458 e. The van der Waals surface area contributed by atoms with Crippen molar-refractivity contribution in [2.24, 2.45) is 23.7 Å². The van der Waals surface area contributed by atoms with Crippen LogP contribution in [-0.4, -0.2) is 169 Å². The van der Waals surface area contributed by atoms with Gasteiger partial charge in [0.15, 0.2) is 0 Å². The van der Waals surface area contributed by atoms with Gasteiger partial charge in [-0.15, -0.1) is 0 Å². The molecule has 0 aliphatic carbocycles. The Labute approximate surface area is 457 Å². The van der Waals surface area contributed by atoms with Crippen molar-refractivity contribution in [2.45, 2.75) is 188 Å². The summed E-state index contributed by atoms with van der Waals surface area (Å²) in [7, 11) is 6.66. The van der Waals surface area contributed by atoms with Gasteiger partial charge in [0.05, 0.1) is 42.7 Å². The van der Waals surface area contributed by atoms with Gasteiger partial charge >= 0.3 is 5.97 Å². The Hall–Kier alpha value is -5.57. The summed E-state index contributed by atoms with van der Waals surface area (Å²) in [6, 6.07) is 6.02. The van der Waals surface area contributed by atoms with Crippen molar-refractivity contribution in [1.29, 1.82) is 0 Å². The lowest BCUT2D eigenvalue weighted by Gasteiger charge is -2.43. The minimum absolute atomic E-state index is 0.0236. The molecule has 2 heterocycles. The number of hydrogen-bond acceptors (Lipinski definition) is 14. The van der Waals surface area contributed by atoms with Gasteiger partial charge in [-0.25, -0.2) is 4.79 Å². The number of ether oxygens (including phenoxy) is 3. The van der Waals surface area contributed by atoms with E-state index in [0.717, 1.165) is 10.5 Å². The van der Waals surface area contributed by atoms with Crippen LogP contribution in [0.5, 0.6) is 0 Å². The van der Waals surface area contributed by atoms with Crippen LogP contribution in [0.4, 0.5) is 0 Å². The molecule has 0 aromatic heterocycles. The van der Waals surface area contributed by atoms with E-state index in [4.69, 9.17) is 14.2 Å². The number of unbranched alkanes of at least 4 members (excludes halogenated alkanes) is 2. The first-order valence-electron chi connectivity index (χ1n) is 27.6. The monoisotopic (exact) mass is 1080 g/mol. The van der Waals surface area contributed by atoms with Gasteiger partial charge in [-0.05, 0) is 96.8 Å². The maximum absolute atomic E-state index is 14.6. The third kappa shape index (κ3) is 20.3. The van der Waals surface area contributed by atoms with Crippen LogP contribution in [0.25, 0.3) is 0 Å². The summed E-state index contributed by atoms with van der Waals surface area (Å²) in [4.78, 5) is 125. The highest BCUT2D eigenvalue weighted by Gasteiger charge is 2.44. The van der Waals surface area contributed by atoms with E-state index in [-0.39, 0.29) is 73.6 Å². The smallest absolute Gasteiger partial charge is 0.329 e. The quantitative estimate of drug-likeness (QED) is 0.0347. The van der Waals surface area contributed by atoms with Crippen molar-refractivity contribution < 1.29 is 57.4 Å². The highest BCUT2D eigenvalue weighted by atomic mass is 16.6. The van der Waals surface area contributed by atoms with Crippen LogP contribution >= 0.6 is 0 Å². The normalized spacial score (nSPS) is 18.0. The maximum atomic E-state index is 14.6. The summed E-state index contributed by atoms with van der Waals surface area (Å²) in [5.74, 6) is -4.85. The van der Waals surface area contributed by atoms with Gasteiger partial charge in [0.2, 0.25) is 35.4 Å². The van der Waals surface area contributed by atoms with E-state index in [1.807, 2.05) is 83.8 Å². The standard InChI is InChI=1S/C57H92N8O12/c1-15-38(6)51(43(75-13)35-48(70)64-33-22-26-42(64)52(76-14)39(7)53(71)58-41(56(74)77-57(8,9)10)34-40-24-18-16-19-25-40)63(12)50(37(4)5)55(73)59-54(72)49(36(2)3)62(11)31-23-28-45(67)61-60-44(66)27-20-17-21-32-65-46(68)29-30-47(65)69/h16,18-19,24-25,29-30,36-39,41-43,49-52H,15,17,20-23,26-28,31-35H2,1-14H3,(H,58,71)(H,60,66)(H,61,67)(H,59,72,73)/t38-,39+,41-,42-,43+,49-,50-,51-,52+/m0/s1. The highest BCUT2D eigenvalue weighted by Crippen LogP contribution is 2.31. The van der Waals surface area contributed by atoms with E-state index in [1.165, 1.54) is 19.3 Å². The molecule has 0 bridgehead atoms. The SMILES string of the molecule is CC[C@H](C)[C@@H]([C@@H](CC(=O)N1CCC[C@H]1[C@H](OC)[C@@H](C)C(=O)N[C@@H](Cc1ccccc1)C(=O)OC(C)(C)C)OC)N(C)[C@H](C(=O)NC(=O)[C@H](C(C)C)N(C)CCCC(=O)NNC(=O)CCCCCN1C(=O)C=CC1=O)C(C)C. The molecule has 1 fully saturated rings. The van der Waals surface area contributed by atoms with Gasteiger partial charge in [0, 0.05) is 64.8 Å². The third-order valence-electron chi connectivity index (χ3n) is 14.6. The molecule has 432 valence electrons. The zero-order valence-electron chi connectivity index (χ0n) is 48.5. The number of nitrogens with zero attached hydrogens (tertiary/aromatic N) is 4. The molecule has 1 aromatic rings. The van der Waals surface area contributed by atoms with Crippen molar-refractivity contribution in [3.63, 3.8) is 0 Å². The van der Waals surface area contributed by atoms with Crippen LogP contribution in [-0.2, 0) is 63.8 Å². The molecule has 0 unspecified atom stereocenters. The Bertz CT molecular complexity index is 2150. The van der Waals surface area contributed by atoms with Crippen molar-refractivity contribution >= 4 is 53.2 Å². The van der Waals surface area contributed by atoms with Crippen molar-refractivity contribution in [3.05, 3.63) is 48.0 Å². The minimum atomic E-state index is -0.958. The Kier molecular flexibility index (Phi) is 27.1. The summed E-state index contributed by atoms with van der Waals surface area (Å²) in [6.07, 6.45) is 5.56. The van der Waals surface area contributed by atoms with Crippen LogP contribution in [0.1, 0.15) is 139 Å². The van der Waals surface area contributed by atoms with Gasteiger partial charge in [-0.1, -0.05) is 91.6 Å². The lowest BCUT2D eigenvalue weighted by molar-refractivity contribution is -0.159. The number of hydrazine groups is 1. The largest absolute Gasteiger partial charge is 0.458 e. The second-order valence-corrected chi connectivity index (χ2v) is 22.5. The lowest BCUT2D eigenvalue weighted by atomic mass is 9.87. The fraction of sp³-hybridized carbons (Fsp3) is 0.702. The van der Waals surface area contributed by atoms with Crippen LogP contribution in [0, 0.1) is 23.7 Å². The number of hydrogen-bond donors (Lipinski definition) is 4. The van der Waals surface area contributed by atoms with Gasteiger partial charge in [-0.2, -0.15) is 0 Å². The number of carbonyl (C=O) groups is 9. The molecule has 8 amide bonds. The van der Waals surface area contributed by atoms with Crippen LogP contribution in [0.2, 0.25) is 0 Å². The molecule has 2 aliphatic heterocycles. The van der Waals surface area contributed by atoms with Gasteiger partial charge < -0.3 is 24.4 Å². The van der Waals surface area contributed by atoms with Gasteiger partial charge in [0.25, 0.3) is 11.8 Å². The Morgan fingerprint density at radius 3 is 1.90 bits per heavy atom. The summed E-state index contributed by atoms with van der Waals surface area (Å²) in [6.45, 7) is 19.8. The fourth-order valence-electron chi connectivity index (χ4n) is 10.6. The second kappa shape index (κ2) is 31.7. The lowest BCUT2D eigenvalue weighted by Crippen LogP contribution is -2.60. The first kappa shape index (κ1) is 65.7. The van der Waals surface area contributed by atoms with Crippen molar-refractivity contribution in [2.75, 3.05) is 47.9 Å². The maximum Gasteiger partial charge on any atom is 0.329 e. The molecular weight excluding hydrogens is 989 g/mol. The van der Waals surface area contributed by atoms with Crippen LogP contribution in [0.15, 0.2) is 42.5 Å². The first-order valence-corrected chi connectivity index (χ1v) is 27.6. The molecule has 3 rings (SSSR count). The molecule has 0 spiro atoms. The van der Waals surface area contributed by atoms with E-state index >= 15 is 0 Å². The number of benzene rings is 1. The molecule has 9 atom stereocenters. The molecule has 2 aliphatic rings. The zero-order valence-corrected chi connectivity index (χ0v) is 48.5. The van der Waals surface area contributed by atoms with E-state index in [0.29, 0.717) is 58.0 Å². The van der Waals surface area contributed by atoms with E-state index < -0.39 is 83.5 Å². The summed E-state index contributed by atoms with van der Waals surface area (Å²) in [5.41, 5.74) is 4.93. The molecule has 0 radical (unpaired) electrons. The third-order valence-corrected chi connectivity index (χ3v) is 14.6. The number of nitrogens with one attached hydrogen (secondary N) is 4. The number of likely N-dealkylation sites (N-methyl/N-ethyl adjacent to an activating group) is 2. The van der Waals surface area contributed by atoms with Crippen LogP contribution < -0.4 is 21.5 Å². The first-order chi connectivity index (χ1) is 36.3. The molecule has 20 heteroatoms. The molecule has 1 saturated heterocycles. The van der Waals surface area contributed by atoms with E-state index in [9.17, 15) is 43.2 Å². The predicted octanol–water partition coefficient (Wildman–Crippen LogP) is 4.49. The Morgan fingerprint density at radius 1 is 0.766 bits per heavy atom. The molecule has 20 nitrogen and oxygen atoms in total. The number of carbonyl (C=O) groups excluding carboxylic acids is 9. The summed E-state index contributed by atoms with van der Waals surface area (Å²) < 4.78 is 17.9. The number of imide groups is 2. The van der Waals surface area contributed by atoms with Gasteiger partial charge in [-0.3, -0.25) is 69.2 Å². The Balaban J connectivity index is 1.64.